The molecule has 0 N–H and O–H groups in total. The van der Waals surface area contributed by atoms with Crippen molar-refractivity contribution in [1.29, 1.82) is 0 Å². The minimum absolute atomic E-state index is 1.16. The summed E-state index contributed by atoms with van der Waals surface area (Å²) in [5, 5.41) is 0. The maximum absolute atomic E-state index is 1.62. The van der Waals surface area contributed by atoms with Crippen LogP contribution in [0.15, 0.2) is 0 Å². The summed E-state index contributed by atoms with van der Waals surface area (Å²) in [6.45, 7) is 0. The Morgan fingerprint density at radius 2 is 0.923 bits per heavy atom. The Balaban J connectivity index is 1.69. The summed E-state index contributed by atoms with van der Waals surface area (Å²) in [7, 11) is 0. The highest BCUT2D eigenvalue weighted by Gasteiger charge is 2.41. The number of rotatable bonds is 0. The predicted octanol–water partition coefficient (Wildman–Crippen LogP) is 4.00. The van der Waals surface area contributed by atoms with Gasteiger partial charge >= 0.3 is 0 Å². The highest BCUT2D eigenvalue weighted by Crippen LogP contribution is 2.52. The van der Waals surface area contributed by atoms with Crippen molar-refractivity contribution >= 4 is 0 Å². The van der Waals surface area contributed by atoms with Crippen molar-refractivity contribution < 1.29 is 0 Å². The van der Waals surface area contributed by atoms with E-state index in [-0.39, 0.29) is 0 Å². The fourth-order valence-electron chi connectivity index (χ4n) is 4.12. The van der Waals surface area contributed by atoms with Crippen molar-refractivity contribution in [3.05, 3.63) is 0 Å². The third-order valence-corrected chi connectivity index (χ3v) is 5.10. The van der Waals surface area contributed by atoms with Crippen molar-refractivity contribution in [3.63, 3.8) is 0 Å². The maximum Gasteiger partial charge on any atom is -0.0383 e. The molecule has 0 aliphatic heterocycles. The summed E-state index contributed by atoms with van der Waals surface area (Å²) in [6, 6.07) is 0. The number of fused-ring (bicyclic) bond motifs is 2. The Morgan fingerprint density at radius 1 is 0.462 bits per heavy atom. The third-order valence-electron chi connectivity index (χ3n) is 5.10. The van der Waals surface area contributed by atoms with Gasteiger partial charge in [0.05, 0.1) is 0 Å². The SMILES string of the molecule is C1CCC2CC3CCC3CC2CC1. The second kappa shape index (κ2) is 3.29. The van der Waals surface area contributed by atoms with Gasteiger partial charge in [-0.15, -0.1) is 0 Å². The first kappa shape index (κ1) is 8.32. The van der Waals surface area contributed by atoms with Gasteiger partial charge in [-0.2, -0.15) is 0 Å². The van der Waals surface area contributed by atoms with Gasteiger partial charge in [-0.05, 0) is 49.4 Å². The average Bonchev–Trinajstić information content (AvgIpc) is 2.33. The van der Waals surface area contributed by atoms with Crippen LogP contribution in [0.2, 0.25) is 0 Å². The van der Waals surface area contributed by atoms with Gasteiger partial charge in [0.1, 0.15) is 0 Å². The molecule has 0 aromatic carbocycles. The van der Waals surface area contributed by atoms with Crippen LogP contribution < -0.4 is 0 Å². The topological polar surface area (TPSA) is 0 Å². The molecule has 0 aromatic heterocycles. The second-order valence-electron chi connectivity index (χ2n) is 5.73. The molecule has 0 aromatic rings. The lowest BCUT2D eigenvalue weighted by atomic mass is 9.58. The number of hydrogen-bond donors (Lipinski definition) is 0. The molecule has 4 unspecified atom stereocenters. The molecule has 0 radical (unpaired) electrons. The van der Waals surface area contributed by atoms with Gasteiger partial charge in [0.2, 0.25) is 0 Å². The van der Waals surface area contributed by atoms with Gasteiger partial charge in [-0.1, -0.05) is 32.1 Å². The standard InChI is InChI=1S/C13H22/c1-2-4-10-8-12-6-7-13(12)9-11(10)5-3-1/h10-13H,1-9H2. The van der Waals surface area contributed by atoms with Gasteiger partial charge in [0.15, 0.2) is 0 Å². The Labute approximate surface area is 82.1 Å². The minimum atomic E-state index is 1.16. The van der Waals surface area contributed by atoms with Crippen molar-refractivity contribution in [1.82, 2.24) is 0 Å². The number of hydrogen-bond acceptors (Lipinski definition) is 0. The smallest absolute Gasteiger partial charge is 0.0383 e. The molecule has 3 aliphatic rings. The van der Waals surface area contributed by atoms with Crippen LogP contribution in [0.5, 0.6) is 0 Å². The van der Waals surface area contributed by atoms with Crippen LogP contribution >= 0.6 is 0 Å². The molecule has 3 fully saturated rings. The van der Waals surface area contributed by atoms with E-state index in [2.05, 4.69) is 0 Å². The summed E-state index contributed by atoms with van der Waals surface area (Å²) >= 11 is 0. The van der Waals surface area contributed by atoms with E-state index in [1.165, 1.54) is 18.3 Å². The van der Waals surface area contributed by atoms with E-state index < -0.39 is 0 Å². The van der Waals surface area contributed by atoms with E-state index in [1.54, 1.807) is 51.4 Å². The summed E-state index contributed by atoms with van der Waals surface area (Å²) in [5.41, 5.74) is 0. The van der Waals surface area contributed by atoms with Crippen LogP contribution in [-0.2, 0) is 0 Å². The third kappa shape index (κ3) is 1.43. The van der Waals surface area contributed by atoms with Crippen LogP contribution in [0.4, 0.5) is 0 Å². The van der Waals surface area contributed by atoms with Gasteiger partial charge in [-0.25, -0.2) is 0 Å². The van der Waals surface area contributed by atoms with Crippen molar-refractivity contribution in [2.75, 3.05) is 0 Å². The first-order valence-electron chi connectivity index (χ1n) is 6.43. The first-order chi connectivity index (χ1) is 6.43. The fourth-order valence-corrected chi connectivity index (χ4v) is 4.12. The van der Waals surface area contributed by atoms with Crippen LogP contribution in [0.1, 0.15) is 57.8 Å². The zero-order valence-electron chi connectivity index (χ0n) is 8.67. The predicted molar refractivity (Wildman–Crippen MR) is 55.5 cm³/mol. The molecule has 0 saturated heterocycles. The molecule has 13 heavy (non-hydrogen) atoms. The highest BCUT2D eigenvalue weighted by molar-refractivity contribution is 4.92. The summed E-state index contributed by atoms with van der Waals surface area (Å²) < 4.78 is 0. The molecule has 0 amide bonds. The summed E-state index contributed by atoms with van der Waals surface area (Å²) in [5.74, 6) is 4.67. The normalized spacial score (nSPS) is 49.8. The molecule has 3 saturated carbocycles. The molecule has 0 heteroatoms. The van der Waals surface area contributed by atoms with E-state index in [1.807, 2.05) is 0 Å². The molecule has 0 heterocycles. The van der Waals surface area contributed by atoms with Gasteiger partial charge in [-0.3, -0.25) is 0 Å². The lowest BCUT2D eigenvalue weighted by Gasteiger charge is -2.47. The molecule has 4 atom stereocenters. The zero-order chi connectivity index (χ0) is 8.67. The van der Waals surface area contributed by atoms with E-state index in [0.29, 0.717) is 0 Å². The Morgan fingerprint density at radius 3 is 1.38 bits per heavy atom. The van der Waals surface area contributed by atoms with E-state index in [0.717, 1.165) is 11.8 Å². The Hall–Kier alpha value is 0. The maximum atomic E-state index is 1.62. The first-order valence-corrected chi connectivity index (χ1v) is 6.43. The van der Waals surface area contributed by atoms with Crippen LogP contribution in [0, 0.1) is 23.7 Å². The quantitative estimate of drug-likeness (QED) is 0.526. The molecule has 74 valence electrons. The molecule has 0 spiro atoms. The van der Waals surface area contributed by atoms with E-state index in [9.17, 15) is 0 Å². The van der Waals surface area contributed by atoms with E-state index >= 15 is 0 Å². The molecule has 0 nitrogen and oxygen atoms in total. The Bertz CT molecular complexity index is 164. The lowest BCUT2D eigenvalue weighted by Crippen LogP contribution is -2.37. The lowest BCUT2D eigenvalue weighted by molar-refractivity contribution is 0.0323. The molecule has 3 rings (SSSR count). The monoisotopic (exact) mass is 178 g/mol. The van der Waals surface area contributed by atoms with Crippen molar-refractivity contribution in [3.8, 4) is 0 Å². The highest BCUT2D eigenvalue weighted by atomic mass is 14.5. The van der Waals surface area contributed by atoms with Gasteiger partial charge in [0.25, 0.3) is 0 Å². The molecule has 0 bridgehead atoms. The minimum Gasteiger partial charge on any atom is -0.0533 e. The summed E-state index contributed by atoms with van der Waals surface area (Å²) in [4.78, 5) is 0. The largest absolute Gasteiger partial charge is 0.0533 e. The average molecular weight is 178 g/mol. The van der Waals surface area contributed by atoms with Crippen molar-refractivity contribution in [2.24, 2.45) is 23.7 Å². The summed E-state index contributed by atoms with van der Waals surface area (Å²) in [6.07, 6.45) is 14.2. The molecular weight excluding hydrogens is 156 g/mol. The van der Waals surface area contributed by atoms with E-state index in [4.69, 9.17) is 0 Å². The fraction of sp³-hybridized carbons (Fsp3) is 1.00. The van der Waals surface area contributed by atoms with Crippen molar-refractivity contribution in [2.45, 2.75) is 57.8 Å². The van der Waals surface area contributed by atoms with Gasteiger partial charge < -0.3 is 0 Å². The van der Waals surface area contributed by atoms with Crippen LogP contribution in [0.25, 0.3) is 0 Å². The van der Waals surface area contributed by atoms with Crippen LogP contribution in [-0.4, -0.2) is 0 Å². The Kier molecular flexibility index (Phi) is 2.11. The molecule has 3 aliphatic carbocycles. The molecular formula is C13H22. The van der Waals surface area contributed by atoms with Gasteiger partial charge in [0, 0.05) is 0 Å². The second-order valence-corrected chi connectivity index (χ2v) is 5.73. The van der Waals surface area contributed by atoms with Crippen LogP contribution in [0.3, 0.4) is 0 Å². The zero-order valence-corrected chi connectivity index (χ0v) is 8.67.